The van der Waals surface area contributed by atoms with E-state index in [9.17, 15) is 4.79 Å². The van der Waals surface area contributed by atoms with Crippen molar-refractivity contribution in [3.05, 3.63) is 53.3 Å². The molecule has 1 aromatic heterocycles. The Hall–Kier alpha value is -2.23. The highest BCUT2D eigenvalue weighted by Gasteiger charge is 2.16. The van der Waals surface area contributed by atoms with Crippen molar-refractivity contribution in [1.29, 1.82) is 0 Å². The number of nitrogens with two attached hydrogens (primary N) is 1. The topological polar surface area (TPSA) is 60.0 Å². The fourth-order valence-electron chi connectivity index (χ4n) is 2.57. The summed E-state index contributed by atoms with van der Waals surface area (Å²) in [5, 5.41) is 3.05. The second-order valence-electron chi connectivity index (χ2n) is 5.40. The molecule has 1 aromatic carbocycles. The van der Waals surface area contributed by atoms with E-state index < -0.39 is 0 Å². The van der Waals surface area contributed by atoms with Gasteiger partial charge in [-0.2, -0.15) is 0 Å². The Balaban J connectivity index is 2.16. The lowest BCUT2D eigenvalue weighted by Gasteiger charge is -2.17. The van der Waals surface area contributed by atoms with E-state index in [0.717, 1.165) is 18.5 Å². The summed E-state index contributed by atoms with van der Waals surface area (Å²) < 4.78 is 1.91. The molecular formula is C17H23N3O. The minimum absolute atomic E-state index is 0.0371. The van der Waals surface area contributed by atoms with Crippen LogP contribution in [-0.2, 0) is 6.54 Å². The number of anilines is 1. The van der Waals surface area contributed by atoms with Gasteiger partial charge in [0.15, 0.2) is 0 Å². The molecule has 0 fully saturated rings. The third kappa shape index (κ3) is 3.45. The molecule has 0 saturated carbocycles. The molecule has 4 heteroatoms. The van der Waals surface area contributed by atoms with E-state index >= 15 is 0 Å². The van der Waals surface area contributed by atoms with Gasteiger partial charge in [0, 0.05) is 12.7 Å². The summed E-state index contributed by atoms with van der Waals surface area (Å²) in [6.07, 6.45) is 2.78. The van der Waals surface area contributed by atoms with Crippen LogP contribution >= 0.6 is 0 Å². The van der Waals surface area contributed by atoms with Crippen molar-refractivity contribution in [3.63, 3.8) is 0 Å². The number of benzene rings is 1. The van der Waals surface area contributed by atoms with E-state index in [1.807, 2.05) is 35.9 Å². The largest absolute Gasteiger partial charge is 0.397 e. The average Bonchev–Trinajstić information content (AvgIpc) is 2.80. The molecule has 0 bridgehead atoms. The summed E-state index contributed by atoms with van der Waals surface area (Å²) in [4.78, 5) is 12.5. The van der Waals surface area contributed by atoms with Crippen LogP contribution in [0.2, 0.25) is 0 Å². The molecule has 21 heavy (non-hydrogen) atoms. The first kappa shape index (κ1) is 15.2. The van der Waals surface area contributed by atoms with Crippen LogP contribution in [0.15, 0.2) is 36.5 Å². The first-order valence-electron chi connectivity index (χ1n) is 7.35. The van der Waals surface area contributed by atoms with Crippen molar-refractivity contribution < 1.29 is 4.79 Å². The summed E-state index contributed by atoms with van der Waals surface area (Å²) in [7, 11) is 0. The molecule has 3 N–H and O–H groups in total. The molecule has 4 nitrogen and oxygen atoms in total. The first-order chi connectivity index (χ1) is 10.0. The van der Waals surface area contributed by atoms with Crippen LogP contribution in [-0.4, -0.2) is 10.5 Å². The van der Waals surface area contributed by atoms with E-state index in [1.54, 1.807) is 6.07 Å². The molecule has 0 aliphatic heterocycles. The summed E-state index contributed by atoms with van der Waals surface area (Å²) in [5.74, 6) is -0.0871. The van der Waals surface area contributed by atoms with Crippen LogP contribution < -0.4 is 11.1 Å². The molecule has 0 radical (unpaired) electrons. The van der Waals surface area contributed by atoms with Gasteiger partial charge in [-0.1, -0.05) is 31.2 Å². The summed E-state index contributed by atoms with van der Waals surface area (Å²) in [6, 6.07) is 9.78. The number of nitrogen functional groups attached to an aromatic ring is 1. The Bertz CT molecular complexity index is 631. The molecule has 1 amide bonds. The maximum absolute atomic E-state index is 12.5. The lowest BCUT2D eigenvalue weighted by molar-refractivity contribution is 0.0930. The summed E-state index contributed by atoms with van der Waals surface area (Å²) >= 11 is 0. The Morgan fingerprint density at radius 1 is 1.38 bits per heavy atom. The van der Waals surface area contributed by atoms with Crippen LogP contribution in [0.1, 0.15) is 47.9 Å². The quantitative estimate of drug-likeness (QED) is 0.885. The average molecular weight is 285 g/mol. The molecule has 1 atom stereocenters. The number of amides is 1. The zero-order chi connectivity index (χ0) is 15.4. The standard InChI is InChI=1S/C17H23N3O/c1-4-9-20-11-14(18)10-16(20)17(21)19-13(3)15-8-6-5-7-12(15)2/h5-8,10-11,13H,4,9,18H2,1-3H3,(H,19,21). The number of aryl methyl sites for hydroxylation is 2. The molecule has 0 spiro atoms. The van der Waals surface area contributed by atoms with Crippen LogP contribution in [0.25, 0.3) is 0 Å². The van der Waals surface area contributed by atoms with Gasteiger partial charge < -0.3 is 15.6 Å². The highest BCUT2D eigenvalue weighted by molar-refractivity contribution is 5.94. The highest BCUT2D eigenvalue weighted by atomic mass is 16.2. The zero-order valence-corrected chi connectivity index (χ0v) is 12.9. The minimum Gasteiger partial charge on any atom is -0.397 e. The number of nitrogens with zero attached hydrogens (tertiary/aromatic N) is 1. The number of hydrogen-bond acceptors (Lipinski definition) is 2. The monoisotopic (exact) mass is 285 g/mol. The summed E-state index contributed by atoms with van der Waals surface area (Å²) in [6.45, 7) is 6.92. The normalized spacial score (nSPS) is 12.1. The number of hydrogen-bond donors (Lipinski definition) is 2. The number of carbonyl (C=O) groups is 1. The summed E-state index contributed by atoms with van der Waals surface area (Å²) in [5.41, 5.74) is 9.36. The van der Waals surface area contributed by atoms with Crippen molar-refractivity contribution in [2.45, 2.75) is 39.8 Å². The second kappa shape index (κ2) is 6.48. The van der Waals surface area contributed by atoms with Crippen LogP contribution in [0, 0.1) is 6.92 Å². The molecule has 1 heterocycles. The second-order valence-corrected chi connectivity index (χ2v) is 5.40. The maximum atomic E-state index is 12.5. The zero-order valence-electron chi connectivity index (χ0n) is 12.9. The van der Waals surface area contributed by atoms with Gasteiger partial charge in [-0.25, -0.2) is 0 Å². The molecule has 0 saturated heterocycles. The number of nitrogens with one attached hydrogen (secondary N) is 1. The predicted molar refractivity (Wildman–Crippen MR) is 86.2 cm³/mol. The molecule has 2 rings (SSSR count). The highest BCUT2D eigenvalue weighted by Crippen LogP contribution is 2.18. The van der Waals surface area contributed by atoms with Gasteiger partial charge >= 0.3 is 0 Å². The molecule has 1 unspecified atom stereocenters. The molecular weight excluding hydrogens is 262 g/mol. The number of rotatable bonds is 5. The lowest BCUT2D eigenvalue weighted by Crippen LogP contribution is -2.29. The van der Waals surface area contributed by atoms with Crippen LogP contribution in [0.3, 0.4) is 0 Å². The smallest absolute Gasteiger partial charge is 0.268 e. The van der Waals surface area contributed by atoms with Crippen molar-refractivity contribution in [2.75, 3.05) is 5.73 Å². The molecule has 2 aromatic rings. The van der Waals surface area contributed by atoms with Gasteiger partial charge in [0.25, 0.3) is 5.91 Å². The molecule has 112 valence electrons. The fraction of sp³-hybridized carbons (Fsp3) is 0.353. The van der Waals surface area contributed by atoms with Crippen molar-refractivity contribution in [1.82, 2.24) is 9.88 Å². The Morgan fingerprint density at radius 3 is 2.76 bits per heavy atom. The molecule has 0 aliphatic rings. The van der Waals surface area contributed by atoms with Gasteiger partial charge in [0.2, 0.25) is 0 Å². The fourth-order valence-corrected chi connectivity index (χ4v) is 2.57. The van der Waals surface area contributed by atoms with E-state index in [1.165, 1.54) is 5.56 Å². The maximum Gasteiger partial charge on any atom is 0.268 e. The first-order valence-corrected chi connectivity index (χ1v) is 7.35. The van der Waals surface area contributed by atoms with Crippen molar-refractivity contribution in [2.24, 2.45) is 0 Å². The Labute approximate surface area is 126 Å². The van der Waals surface area contributed by atoms with Gasteiger partial charge in [-0.3, -0.25) is 4.79 Å². The Morgan fingerprint density at radius 2 is 2.10 bits per heavy atom. The van der Waals surface area contributed by atoms with Gasteiger partial charge in [-0.05, 0) is 37.5 Å². The van der Waals surface area contributed by atoms with E-state index in [0.29, 0.717) is 11.4 Å². The lowest BCUT2D eigenvalue weighted by atomic mass is 10.0. The number of carbonyl (C=O) groups excluding carboxylic acids is 1. The third-order valence-corrected chi connectivity index (χ3v) is 3.62. The van der Waals surface area contributed by atoms with Gasteiger partial charge in [-0.15, -0.1) is 0 Å². The predicted octanol–water partition coefficient (Wildman–Crippen LogP) is 3.28. The SMILES string of the molecule is CCCn1cc(N)cc1C(=O)NC(C)c1ccccc1C. The number of aromatic nitrogens is 1. The minimum atomic E-state index is -0.0871. The van der Waals surface area contributed by atoms with Crippen LogP contribution in [0.4, 0.5) is 5.69 Å². The Kier molecular flexibility index (Phi) is 4.68. The van der Waals surface area contributed by atoms with Crippen LogP contribution in [0.5, 0.6) is 0 Å². The third-order valence-electron chi connectivity index (χ3n) is 3.62. The van der Waals surface area contributed by atoms with Gasteiger partial charge in [0.1, 0.15) is 5.69 Å². The van der Waals surface area contributed by atoms with E-state index in [4.69, 9.17) is 5.73 Å². The van der Waals surface area contributed by atoms with E-state index in [2.05, 4.69) is 25.2 Å². The van der Waals surface area contributed by atoms with Gasteiger partial charge in [0.05, 0.1) is 11.7 Å². The van der Waals surface area contributed by atoms with Crippen molar-refractivity contribution >= 4 is 11.6 Å². The van der Waals surface area contributed by atoms with E-state index in [-0.39, 0.29) is 11.9 Å². The van der Waals surface area contributed by atoms with Crippen molar-refractivity contribution in [3.8, 4) is 0 Å². The molecule has 0 aliphatic carbocycles.